The molecule has 3 aromatic rings. The summed E-state index contributed by atoms with van der Waals surface area (Å²) >= 11 is 3.77. The first kappa shape index (κ1) is 27.4. The normalized spacial score (nSPS) is 13.6. The molecule has 0 N–H and O–H groups in total. The molecule has 0 amide bonds. The van der Waals surface area contributed by atoms with Crippen LogP contribution in [0, 0.1) is 17.4 Å². The minimum Gasteiger partial charge on any atom is -0.416 e. The fourth-order valence-electron chi connectivity index (χ4n) is 3.83. The van der Waals surface area contributed by atoms with Crippen LogP contribution in [0.4, 0.5) is 0 Å². The summed E-state index contributed by atoms with van der Waals surface area (Å²) in [7, 11) is -4.34. The van der Waals surface area contributed by atoms with E-state index in [-0.39, 0.29) is 11.0 Å². The Morgan fingerprint density at radius 1 is 0.829 bits per heavy atom. The smallest absolute Gasteiger partial charge is 0.230 e. The third-order valence-electron chi connectivity index (χ3n) is 6.93. The van der Waals surface area contributed by atoms with Crippen molar-refractivity contribution in [3.63, 3.8) is 0 Å². The van der Waals surface area contributed by atoms with Gasteiger partial charge in [0.25, 0.3) is 0 Å². The summed E-state index contributed by atoms with van der Waals surface area (Å²) in [6.07, 6.45) is 2.19. The van der Waals surface area contributed by atoms with E-state index in [2.05, 4.69) is 165 Å². The zero-order valence-corrected chi connectivity index (χ0v) is 25.4. The Bertz CT molecular complexity index is 1070. The van der Waals surface area contributed by atoms with E-state index in [9.17, 15) is 0 Å². The second-order valence-electron chi connectivity index (χ2n) is 10.7. The van der Waals surface area contributed by atoms with Crippen molar-refractivity contribution in [3.8, 4) is 11.5 Å². The number of hydrogen-bond donors (Lipinski definition) is 0. The van der Waals surface area contributed by atoms with Crippen molar-refractivity contribution in [2.24, 2.45) is 5.92 Å². The summed E-state index contributed by atoms with van der Waals surface area (Å²) < 4.78 is 7.36. The van der Waals surface area contributed by atoms with Crippen molar-refractivity contribution in [3.05, 3.63) is 102 Å². The van der Waals surface area contributed by atoms with Crippen molar-refractivity contribution in [1.29, 1.82) is 0 Å². The molecule has 0 heterocycles. The molecule has 0 unspecified atom stereocenters. The van der Waals surface area contributed by atoms with E-state index < -0.39 is 16.4 Å². The summed E-state index contributed by atoms with van der Waals surface area (Å²) in [5.41, 5.74) is 3.83. The molecule has 0 aliphatic heterocycles. The zero-order valence-electron chi connectivity index (χ0n) is 21.8. The van der Waals surface area contributed by atoms with Gasteiger partial charge in [-0.2, -0.15) is 0 Å². The highest BCUT2D eigenvalue weighted by molar-refractivity contribution is 9.12. The van der Waals surface area contributed by atoms with Crippen molar-refractivity contribution in [2.75, 3.05) is 6.61 Å². The molecule has 0 spiro atoms. The van der Waals surface area contributed by atoms with Gasteiger partial charge in [0.15, 0.2) is 8.32 Å². The topological polar surface area (TPSA) is 9.23 Å². The van der Waals surface area contributed by atoms with Crippen molar-refractivity contribution < 1.29 is 4.43 Å². The molecule has 3 aromatic carbocycles. The fourth-order valence-corrected chi connectivity index (χ4v) is 9.51. The Morgan fingerprint density at radius 2 is 1.23 bits per heavy atom. The lowest BCUT2D eigenvalue weighted by molar-refractivity contribution is 0.259. The first-order chi connectivity index (χ1) is 16.6. The maximum Gasteiger partial charge on any atom is 0.230 e. The molecule has 182 valence electrons. The lowest BCUT2D eigenvalue weighted by atomic mass is 10.2. The average molecular weight is 562 g/mol. The molecule has 4 heteroatoms. The first-order valence-corrected chi connectivity index (χ1v) is 18.0. The quantitative estimate of drug-likeness (QED) is 0.179. The predicted octanol–water partition coefficient (Wildman–Crippen LogP) is 6.64. The predicted molar refractivity (Wildman–Crippen MR) is 161 cm³/mol. The van der Waals surface area contributed by atoms with Crippen molar-refractivity contribution in [2.45, 2.75) is 45.8 Å². The molecule has 0 saturated carbocycles. The molecule has 0 bridgehead atoms. The van der Waals surface area contributed by atoms with Crippen molar-refractivity contribution in [1.82, 2.24) is 0 Å². The van der Waals surface area contributed by atoms with E-state index in [4.69, 9.17) is 4.43 Å². The highest BCUT2D eigenvalue weighted by atomic mass is 79.9. The van der Waals surface area contributed by atoms with Crippen LogP contribution in [0.25, 0.3) is 0 Å². The van der Waals surface area contributed by atoms with Gasteiger partial charge in [-0.3, -0.25) is 0 Å². The Balaban J connectivity index is 2.02. The number of allylic oxidation sites excluding steroid dienone is 1. The van der Waals surface area contributed by atoms with Crippen LogP contribution >= 0.6 is 15.9 Å². The number of benzene rings is 3. The largest absolute Gasteiger partial charge is 0.416 e. The van der Waals surface area contributed by atoms with Crippen LogP contribution in [-0.4, -0.2) is 23.0 Å². The van der Waals surface area contributed by atoms with Gasteiger partial charge in [0, 0.05) is 6.61 Å². The third-order valence-corrected chi connectivity index (χ3v) is 16.0. The van der Waals surface area contributed by atoms with Crippen LogP contribution in [0.2, 0.25) is 18.1 Å². The van der Waals surface area contributed by atoms with Crippen LogP contribution in [0.5, 0.6) is 0 Å². The maximum absolute atomic E-state index is 6.44. The standard InChI is InChI=1S/C31H37BrOSi2/c1-26(25-33-34(5,6)31(2,3)4)24-27(32)22-23-35(28-16-10-7-11-17-28,29-18-12-8-13-19-29)30-20-14-9-15-21-30/h7-21,24,26H,25H2,1-6H3/b27-24-/t26-/m1/s1. The molecule has 3 rings (SSSR count). The monoisotopic (exact) mass is 560 g/mol. The minimum atomic E-state index is -2.57. The summed E-state index contributed by atoms with van der Waals surface area (Å²) in [5.74, 6) is 3.79. The van der Waals surface area contributed by atoms with Crippen LogP contribution in [0.15, 0.2) is 102 Å². The third kappa shape index (κ3) is 6.74. The Hall–Kier alpha value is -2.17. The van der Waals surface area contributed by atoms with Crippen molar-refractivity contribution >= 4 is 47.9 Å². The highest BCUT2D eigenvalue weighted by Crippen LogP contribution is 2.36. The van der Waals surface area contributed by atoms with Crippen LogP contribution in [0.1, 0.15) is 27.7 Å². The molecule has 0 radical (unpaired) electrons. The number of rotatable bonds is 7. The summed E-state index contributed by atoms with van der Waals surface area (Å²) in [5, 5.41) is 4.08. The van der Waals surface area contributed by atoms with E-state index in [1.807, 2.05) is 0 Å². The molecule has 35 heavy (non-hydrogen) atoms. The van der Waals surface area contributed by atoms with Gasteiger partial charge >= 0.3 is 0 Å². The SMILES string of the molecule is C[C@H](/C=C(\Br)C#C[Si](c1ccccc1)(c1ccccc1)c1ccccc1)CO[Si](C)(C)C(C)(C)C. The molecule has 0 aromatic heterocycles. The molecule has 0 saturated heterocycles. The maximum atomic E-state index is 6.44. The molecular formula is C31H37BrOSi2. The second-order valence-corrected chi connectivity index (χ2v) is 19.8. The Morgan fingerprint density at radius 3 is 1.60 bits per heavy atom. The van der Waals surface area contributed by atoms with Crippen LogP contribution in [-0.2, 0) is 4.43 Å². The van der Waals surface area contributed by atoms with Gasteiger partial charge in [-0.05, 0) is 55.5 Å². The van der Waals surface area contributed by atoms with E-state index in [0.717, 1.165) is 4.48 Å². The van der Waals surface area contributed by atoms with Gasteiger partial charge in [0.1, 0.15) is 0 Å². The van der Waals surface area contributed by atoms with E-state index in [0.29, 0.717) is 6.61 Å². The zero-order chi connectivity index (χ0) is 25.5. The Labute approximate surface area is 222 Å². The molecule has 0 aliphatic rings. The van der Waals surface area contributed by atoms with E-state index in [1.165, 1.54) is 15.6 Å². The fraction of sp³-hybridized carbons (Fsp3) is 0.290. The summed E-state index contributed by atoms with van der Waals surface area (Å²) in [4.78, 5) is 0. The second kappa shape index (κ2) is 11.7. The summed E-state index contributed by atoms with van der Waals surface area (Å²) in [6, 6.07) is 32.3. The van der Waals surface area contributed by atoms with Crippen LogP contribution in [0.3, 0.4) is 0 Å². The van der Waals surface area contributed by atoms with E-state index in [1.54, 1.807) is 0 Å². The van der Waals surface area contributed by atoms with Crippen LogP contribution < -0.4 is 15.6 Å². The first-order valence-electron chi connectivity index (χ1n) is 12.3. The van der Waals surface area contributed by atoms with Gasteiger partial charge in [-0.25, -0.2) is 0 Å². The Kier molecular flexibility index (Phi) is 9.18. The van der Waals surface area contributed by atoms with E-state index >= 15 is 0 Å². The molecule has 0 fully saturated rings. The minimum absolute atomic E-state index is 0.208. The molecular weight excluding hydrogens is 524 g/mol. The number of halogens is 1. The highest BCUT2D eigenvalue weighted by Gasteiger charge is 2.38. The molecule has 1 nitrogen and oxygen atoms in total. The van der Waals surface area contributed by atoms with Gasteiger partial charge < -0.3 is 4.43 Å². The number of hydrogen-bond acceptors (Lipinski definition) is 1. The lowest BCUT2D eigenvalue weighted by Crippen LogP contribution is -2.66. The summed E-state index contributed by atoms with van der Waals surface area (Å²) in [6.45, 7) is 14.4. The van der Waals surface area contributed by atoms with Gasteiger partial charge in [-0.1, -0.05) is 131 Å². The average Bonchev–Trinajstić information content (AvgIpc) is 2.84. The lowest BCUT2D eigenvalue weighted by Gasteiger charge is -2.36. The van der Waals surface area contributed by atoms with Gasteiger partial charge in [0.2, 0.25) is 8.07 Å². The molecule has 0 aliphatic carbocycles. The molecule has 1 atom stereocenters. The van der Waals surface area contributed by atoms with Gasteiger partial charge in [-0.15, -0.1) is 5.54 Å². The van der Waals surface area contributed by atoms with Gasteiger partial charge in [0.05, 0.1) is 4.48 Å².